The van der Waals surface area contributed by atoms with Crippen molar-refractivity contribution in [3.63, 3.8) is 0 Å². The summed E-state index contributed by atoms with van der Waals surface area (Å²) < 4.78 is 29.3. The smallest absolute Gasteiger partial charge is 0.190 e. The Labute approximate surface area is 124 Å². The van der Waals surface area contributed by atoms with E-state index in [-0.39, 0.29) is 6.10 Å². The Morgan fingerprint density at radius 2 is 1.71 bits per heavy atom. The van der Waals surface area contributed by atoms with Crippen molar-refractivity contribution in [1.29, 1.82) is 0 Å². The molecule has 0 aromatic rings. The zero-order valence-electron chi connectivity index (χ0n) is 12.6. The quantitative estimate of drug-likeness (QED) is 0.787. The van der Waals surface area contributed by atoms with E-state index in [9.17, 15) is 5.11 Å². The molecule has 1 aliphatic carbocycles. The van der Waals surface area contributed by atoms with Crippen molar-refractivity contribution in [3.05, 3.63) is 0 Å². The van der Waals surface area contributed by atoms with Crippen LogP contribution in [0.15, 0.2) is 0 Å². The summed E-state index contributed by atoms with van der Waals surface area (Å²) in [6.45, 7) is 4.11. The molecule has 120 valence electrons. The Bertz CT molecular complexity index is 405. The third-order valence-corrected chi connectivity index (χ3v) is 4.91. The zero-order valence-corrected chi connectivity index (χ0v) is 12.6. The number of hydrogen-bond acceptors (Lipinski definition) is 6. The minimum Gasteiger partial charge on any atom is -0.387 e. The minimum atomic E-state index is -0.746. The number of hydrogen-bond donors (Lipinski definition) is 1. The van der Waals surface area contributed by atoms with E-state index in [0.717, 1.165) is 25.7 Å². The maximum absolute atomic E-state index is 10.5. The van der Waals surface area contributed by atoms with E-state index in [1.165, 1.54) is 6.42 Å². The molecule has 0 unspecified atom stereocenters. The van der Waals surface area contributed by atoms with Gasteiger partial charge in [-0.3, -0.25) is 0 Å². The molecule has 3 saturated heterocycles. The maximum Gasteiger partial charge on any atom is 0.190 e. The molecular formula is C15H24O6. The van der Waals surface area contributed by atoms with Gasteiger partial charge in [0.25, 0.3) is 0 Å². The molecule has 1 saturated carbocycles. The number of rotatable bonds is 1. The Balaban J connectivity index is 1.42. The predicted octanol–water partition coefficient (Wildman–Crippen LogP) is 1.30. The summed E-state index contributed by atoms with van der Waals surface area (Å²) in [5.74, 6) is -1.16. The van der Waals surface area contributed by atoms with Crippen LogP contribution in [0.1, 0.15) is 46.0 Å². The van der Waals surface area contributed by atoms with Crippen molar-refractivity contribution in [2.75, 3.05) is 6.61 Å². The lowest BCUT2D eigenvalue weighted by Crippen LogP contribution is -2.43. The third-order valence-electron chi connectivity index (χ3n) is 4.91. The molecule has 3 heterocycles. The van der Waals surface area contributed by atoms with Gasteiger partial charge >= 0.3 is 0 Å². The molecule has 4 aliphatic rings. The van der Waals surface area contributed by atoms with E-state index >= 15 is 0 Å². The van der Waals surface area contributed by atoms with Crippen LogP contribution in [0.2, 0.25) is 0 Å². The summed E-state index contributed by atoms with van der Waals surface area (Å²) >= 11 is 0. The molecule has 4 rings (SSSR count). The fraction of sp³-hybridized carbons (Fsp3) is 1.00. The highest BCUT2D eigenvalue weighted by atomic mass is 16.8. The first-order chi connectivity index (χ1) is 9.98. The van der Waals surface area contributed by atoms with E-state index < -0.39 is 36.2 Å². The summed E-state index contributed by atoms with van der Waals surface area (Å²) in [7, 11) is 0. The second-order valence-electron chi connectivity index (χ2n) is 7.00. The van der Waals surface area contributed by atoms with Crippen LogP contribution < -0.4 is 0 Å². The SMILES string of the molecule is CC1(C)O[C@H]2O[C@H]([C@H]3COC4(CCCCC4)O3)[C@H](O)[C@H]2O1. The molecule has 0 aromatic heterocycles. The lowest BCUT2D eigenvalue weighted by Gasteiger charge is -2.33. The molecule has 21 heavy (non-hydrogen) atoms. The second kappa shape index (κ2) is 4.88. The van der Waals surface area contributed by atoms with Crippen molar-refractivity contribution in [1.82, 2.24) is 0 Å². The Hall–Kier alpha value is -0.240. The van der Waals surface area contributed by atoms with Gasteiger partial charge in [0, 0.05) is 12.8 Å². The number of ether oxygens (including phenoxy) is 5. The van der Waals surface area contributed by atoms with Crippen LogP contribution in [0.3, 0.4) is 0 Å². The zero-order chi connectivity index (χ0) is 14.7. The standard InChI is InChI=1S/C15H24O6/c1-14(2)20-12-10(16)11(18-13(12)21-14)9-8-17-15(19-9)6-4-3-5-7-15/h9-13,16H,3-8H2,1-2H3/t9-,10+,11-,12-,13-/m1/s1. The minimum absolute atomic E-state index is 0.251. The summed E-state index contributed by atoms with van der Waals surface area (Å²) in [5, 5.41) is 10.5. The van der Waals surface area contributed by atoms with E-state index in [0.29, 0.717) is 6.61 Å². The van der Waals surface area contributed by atoms with Crippen LogP contribution in [-0.2, 0) is 23.7 Å². The van der Waals surface area contributed by atoms with Crippen molar-refractivity contribution in [3.8, 4) is 0 Å². The van der Waals surface area contributed by atoms with Crippen LogP contribution in [0.4, 0.5) is 0 Å². The number of fused-ring (bicyclic) bond motifs is 1. The van der Waals surface area contributed by atoms with Gasteiger partial charge in [-0.05, 0) is 26.7 Å². The van der Waals surface area contributed by atoms with Crippen molar-refractivity contribution >= 4 is 0 Å². The molecule has 1 N–H and O–H groups in total. The van der Waals surface area contributed by atoms with Gasteiger partial charge in [-0.2, -0.15) is 0 Å². The summed E-state index contributed by atoms with van der Waals surface area (Å²) in [6.07, 6.45) is 2.95. The molecule has 0 aromatic carbocycles. The fourth-order valence-corrected chi connectivity index (χ4v) is 3.92. The van der Waals surface area contributed by atoms with Crippen molar-refractivity contribution < 1.29 is 28.8 Å². The first-order valence-corrected chi connectivity index (χ1v) is 7.99. The van der Waals surface area contributed by atoms with Gasteiger partial charge in [0.2, 0.25) is 0 Å². The maximum atomic E-state index is 10.5. The molecule has 4 fully saturated rings. The van der Waals surface area contributed by atoms with Gasteiger partial charge in [0.05, 0.1) is 6.61 Å². The molecule has 5 atom stereocenters. The van der Waals surface area contributed by atoms with Crippen LogP contribution in [0.25, 0.3) is 0 Å². The normalized spacial score (nSPS) is 47.9. The average molecular weight is 300 g/mol. The number of aliphatic hydroxyl groups excluding tert-OH is 1. The van der Waals surface area contributed by atoms with Gasteiger partial charge in [-0.15, -0.1) is 0 Å². The highest BCUT2D eigenvalue weighted by molar-refractivity contribution is 4.98. The third kappa shape index (κ3) is 2.42. The topological polar surface area (TPSA) is 66.4 Å². The van der Waals surface area contributed by atoms with Gasteiger partial charge < -0.3 is 28.8 Å². The molecule has 0 bridgehead atoms. The van der Waals surface area contributed by atoms with E-state index in [4.69, 9.17) is 23.7 Å². The van der Waals surface area contributed by atoms with Gasteiger partial charge in [0.1, 0.15) is 24.4 Å². The molecule has 0 radical (unpaired) electrons. The predicted molar refractivity (Wildman–Crippen MR) is 71.3 cm³/mol. The van der Waals surface area contributed by atoms with E-state index in [1.54, 1.807) is 0 Å². The highest BCUT2D eigenvalue weighted by Crippen LogP contribution is 2.43. The van der Waals surface area contributed by atoms with Gasteiger partial charge in [-0.1, -0.05) is 6.42 Å². The molecule has 3 aliphatic heterocycles. The molecule has 6 heteroatoms. The van der Waals surface area contributed by atoms with E-state index in [1.807, 2.05) is 13.8 Å². The van der Waals surface area contributed by atoms with Crippen molar-refractivity contribution in [2.45, 2.75) is 88.2 Å². The van der Waals surface area contributed by atoms with Gasteiger partial charge in [-0.25, -0.2) is 0 Å². The lowest BCUT2D eigenvalue weighted by molar-refractivity contribution is -0.239. The Kier molecular flexibility index (Phi) is 3.33. The molecule has 1 spiro atoms. The summed E-state index contributed by atoms with van der Waals surface area (Å²) in [6, 6.07) is 0. The van der Waals surface area contributed by atoms with Crippen LogP contribution >= 0.6 is 0 Å². The van der Waals surface area contributed by atoms with E-state index in [2.05, 4.69) is 0 Å². The Morgan fingerprint density at radius 3 is 2.43 bits per heavy atom. The lowest BCUT2D eigenvalue weighted by atomic mass is 9.94. The molecule has 6 nitrogen and oxygen atoms in total. The van der Waals surface area contributed by atoms with Gasteiger partial charge in [0.15, 0.2) is 17.9 Å². The first-order valence-electron chi connectivity index (χ1n) is 7.99. The Morgan fingerprint density at radius 1 is 0.952 bits per heavy atom. The van der Waals surface area contributed by atoms with Crippen molar-refractivity contribution in [2.24, 2.45) is 0 Å². The average Bonchev–Trinajstić information content (AvgIpc) is 3.05. The summed E-state index contributed by atoms with van der Waals surface area (Å²) in [4.78, 5) is 0. The first kappa shape index (κ1) is 14.4. The largest absolute Gasteiger partial charge is 0.387 e. The second-order valence-corrected chi connectivity index (χ2v) is 7.00. The van der Waals surface area contributed by atoms with Crippen LogP contribution in [-0.4, -0.2) is 54.0 Å². The van der Waals surface area contributed by atoms with Crippen LogP contribution in [0.5, 0.6) is 0 Å². The summed E-state index contributed by atoms with van der Waals surface area (Å²) in [5.41, 5.74) is 0. The van der Waals surface area contributed by atoms with Crippen LogP contribution in [0, 0.1) is 0 Å². The monoisotopic (exact) mass is 300 g/mol. The molecular weight excluding hydrogens is 276 g/mol. The highest BCUT2D eigenvalue weighted by Gasteiger charge is 2.58. The number of aliphatic hydroxyl groups is 1. The fourth-order valence-electron chi connectivity index (χ4n) is 3.92. The molecule has 0 amide bonds.